The Morgan fingerprint density at radius 2 is 1.91 bits per heavy atom. The van der Waals surface area contributed by atoms with Gasteiger partial charge in [0, 0.05) is 34.5 Å². The SMILES string of the molecule is C[C@H](CNC(=O)c1ccc(-c2ccccc2)[nH]c1=O)[S@@](C)=O. The van der Waals surface area contributed by atoms with E-state index in [-0.39, 0.29) is 17.4 Å². The van der Waals surface area contributed by atoms with E-state index < -0.39 is 22.3 Å². The van der Waals surface area contributed by atoms with Gasteiger partial charge in [0.05, 0.1) is 0 Å². The van der Waals surface area contributed by atoms with E-state index in [1.54, 1.807) is 19.2 Å². The monoisotopic (exact) mass is 318 g/mol. The largest absolute Gasteiger partial charge is 0.351 e. The zero-order valence-corrected chi connectivity index (χ0v) is 13.3. The van der Waals surface area contributed by atoms with Crippen molar-refractivity contribution in [2.24, 2.45) is 0 Å². The number of amides is 1. The Bertz CT molecular complexity index is 741. The van der Waals surface area contributed by atoms with Crippen LogP contribution in [-0.2, 0) is 10.8 Å². The van der Waals surface area contributed by atoms with Gasteiger partial charge >= 0.3 is 0 Å². The molecule has 0 saturated carbocycles. The summed E-state index contributed by atoms with van der Waals surface area (Å²) in [7, 11) is -1.02. The van der Waals surface area contributed by atoms with Crippen LogP contribution in [0.5, 0.6) is 0 Å². The summed E-state index contributed by atoms with van der Waals surface area (Å²) >= 11 is 0. The van der Waals surface area contributed by atoms with Crippen LogP contribution < -0.4 is 10.9 Å². The summed E-state index contributed by atoms with van der Waals surface area (Å²) in [5.74, 6) is -0.460. The summed E-state index contributed by atoms with van der Waals surface area (Å²) in [5, 5.41) is 2.47. The molecule has 22 heavy (non-hydrogen) atoms. The van der Waals surface area contributed by atoms with E-state index in [1.165, 1.54) is 6.07 Å². The maximum atomic E-state index is 12.1. The number of hydrogen-bond acceptors (Lipinski definition) is 3. The molecule has 2 rings (SSSR count). The molecule has 0 radical (unpaired) electrons. The van der Waals surface area contributed by atoms with Gasteiger partial charge in [0.1, 0.15) is 5.56 Å². The molecule has 0 bridgehead atoms. The van der Waals surface area contributed by atoms with Gasteiger partial charge in [-0.15, -0.1) is 0 Å². The molecular formula is C16H18N2O3S. The second kappa shape index (κ2) is 7.17. The lowest BCUT2D eigenvalue weighted by Gasteiger charge is -2.10. The first kappa shape index (κ1) is 16.2. The second-order valence-corrected chi connectivity index (χ2v) is 6.80. The molecule has 0 fully saturated rings. The van der Waals surface area contributed by atoms with Crippen LogP contribution in [0.4, 0.5) is 0 Å². The van der Waals surface area contributed by atoms with Gasteiger partial charge in [-0.2, -0.15) is 0 Å². The molecule has 0 unspecified atom stereocenters. The molecule has 2 aromatic rings. The zero-order valence-electron chi connectivity index (χ0n) is 12.5. The minimum absolute atomic E-state index is 0.0498. The highest BCUT2D eigenvalue weighted by molar-refractivity contribution is 7.84. The maximum Gasteiger partial charge on any atom is 0.261 e. The van der Waals surface area contributed by atoms with Gasteiger partial charge < -0.3 is 10.3 Å². The van der Waals surface area contributed by atoms with Crippen LogP contribution in [0.2, 0.25) is 0 Å². The van der Waals surface area contributed by atoms with Gasteiger partial charge in [-0.3, -0.25) is 13.8 Å². The summed E-state index contributed by atoms with van der Waals surface area (Å²) in [5.41, 5.74) is 1.14. The average Bonchev–Trinajstić information content (AvgIpc) is 2.52. The molecule has 1 heterocycles. The van der Waals surface area contributed by atoms with E-state index in [4.69, 9.17) is 0 Å². The van der Waals surface area contributed by atoms with Crippen molar-refractivity contribution in [1.29, 1.82) is 0 Å². The molecule has 2 atom stereocenters. The smallest absolute Gasteiger partial charge is 0.261 e. The number of H-pyrrole nitrogens is 1. The van der Waals surface area contributed by atoms with E-state index >= 15 is 0 Å². The number of benzene rings is 1. The summed E-state index contributed by atoms with van der Waals surface area (Å²) in [6, 6.07) is 12.6. The Morgan fingerprint density at radius 1 is 1.23 bits per heavy atom. The van der Waals surface area contributed by atoms with E-state index in [0.717, 1.165) is 5.56 Å². The number of pyridine rings is 1. The van der Waals surface area contributed by atoms with Gasteiger partial charge in [0.2, 0.25) is 0 Å². The predicted octanol–water partition coefficient (Wildman–Crippen LogP) is 1.54. The number of aromatic nitrogens is 1. The van der Waals surface area contributed by atoms with E-state index in [2.05, 4.69) is 10.3 Å². The Hall–Kier alpha value is -2.21. The molecule has 1 aromatic heterocycles. The molecule has 0 saturated heterocycles. The van der Waals surface area contributed by atoms with Crippen LogP contribution in [0.1, 0.15) is 17.3 Å². The first-order valence-electron chi connectivity index (χ1n) is 6.88. The first-order valence-corrected chi connectivity index (χ1v) is 8.50. The van der Waals surface area contributed by atoms with Crippen molar-refractivity contribution in [1.82, 2.24) is 10.3 Å². The summed E-state index contributed by atoms with van der Waals surface area (Å²) < 4.78 is 11.3. The van der Waals surface area contributed by atoms with Gasteiger partial charge in [-0.25, -0.2) is 0 Å². The van der Waals surface area contributed by atoms with Crippen LogP contribution in [0.25, 0.3) is 11.3 Å². The molecule has 6 heteroatoms. The standard InChI is InChI=1S/C16H18N2O3S/c1-11(22(2)21)10-17-15(19)13-8-9-14(18-16(13)20)12-6-4-3-5-7-12/h3-9,11H,10H2,1-2H3,(H,17,19)(H,18,20)/t11-,22-/m1/s1. The molecule has 0 spiro atoms. The van der Waals surface area contributed by atoms with Crippen LogP contribution in [0.3, 0.4) is 0 Å². The fourth-order valence-electron chi connectivity index (χ4n) is 1.89. The number of carbonyl (C=O) groups excluding carboxylic acids is 1. The van der Waals surface area contributed by atoms with E-state index in [9.17, 15) is 13.8 Å². The Labute approximate surface area is 131 Å². The van der Waals surface area contributed by atoms with Crippen molar-refractivity contribution < 1.29 is 9.00 Å². The number of nitrogens with one attached hydrogen (secondary N) is 2. The highest BCUT2D eigenvalue weighted by Crippen LogP contribution is 2.14. The van der Waals surface area contributed by atoms with Crippen LogP contribution >= 0.6 is 0 Å². The average molecular weight is 318 g/mol. The number of rotatable bonds is 5. The lowest BCUT2D eigenvalue weighted by atomic mass is 10.1. The van der Waals surface area contributed by atoms with Crippen LogP contribution in [-0.4, -0.2) is 33.2 Å². The summed E-state index contributed by atoms with van der Waals surface area (Å²) in [4.78, 5) is 26.8. The van der Waals surface area contributed by atoms with Crippen molar-refractivity contribution in [3.05, 3.63) is 58.4 Å². The molecular weight excluding hydrogens is 300 g/mol. The number of aromatic amines is 1. The molecule has 1 aromatic carbocycles. The van der Waals surface area contributed by atoms with Crippen molar-refractivity contribution in [2.45, 2.75) is 12.2 Å². The quantitative estimate of drug-likeness (QED) is 0.877. The third-order valence-electron chi connectivity index (χ3n) is 3.36. The fraction of sp³-hybridized carbons (Fsp3) is 0.250. The lowest BCUT2D eigenvalue weighted by Crippen LogP contribution is -2.35. The highest BCUT2D eigenvalue weighted by atomic mass is 32.2. The zero-order chi connectivity index (χ0) is 16.1. The second-order valence-electron chi connectivity index (χ2n) is 5.00. The predicted molar refractivity (Wildman–Crippen MR) is 88.4 cm³/mol. The van der Waals surface area contributed by atoms with Crippen molar-refractivity contribution in [2.75, 3.05) is 12.8 Å². The Kier molecular flexibility index (Phi) is 5.27. The third kappa shape index (κ3) is 3.92. The highest BCUT2D eigenvalue weighted by Gasteiger charge is 2.13. The van der Waals surface area contributed by atoms with Gasteiger partial charge in [-0.05, 0) is 24.6 Å². The van der Waals surface area contributed by atoms with Crippen LogP contribution in [0, 0.1) is 0 Å². The van der Waals surface area contributed by atoms with Crippen molar-refractivity contribution in [3.8, 4) is 11.3 Å². The van der Waals surface area contributed by atoms with E-state index in [1.807, 2.05) is 30.3 Å². The van der Waals surface area contributed by atoms with E-state index in [0.29, 0.717) is 5.69 Å². The summed E-state index contributed by atoms with van der Waals surface area (Å²) in [6.45, 7) is 2.04. The molecule has 2 N–H and O–H groups in total. The number of carbonyl (C=O) groups is 1. The van der Waals surface area contributed by atoms with Gasteiger partial charge in [0.15, 0.2) is 0 Å². The maximum absolute atomic E-state index is 12.1. The molecule has 0 aliphatic carbocycles. The molecule has 0 aliphatic rings. The molecule has 0 aliphatic heterocycles. The minimum atomic E-state index is -1.02. The molecule has 116 valence electrons. The minimum Gasteiger partial charge on any atom is -0.351 e. The van der Waals surface area contributed by atoms with Crippen molar-refractivity contribution >= 4 is 16.7 Å². The van der Waals surface area contributed by atoms with Gasteiger partial charge in [0.25, 0.3) is 11.5 Å². The number of hydrogen-bond donors (Lipinski definition) is 2. The lowest BCUT2D eigenvalue weighted by molar-refractivity contribution is 0.0952. The van der Waals surface area contributed by atoms with Gasteiger partial charge in [-0.1, -0.05) is 30.3 Å². The Balaban J connectivity index is 2.15. The summed E-state index contributed by atoms with van der Waals surface area (Å²) in [6.07, 6.45) is 1.58. The van der Waals surface area contributed by atoms with Crippen LogP contribution in [0.15, 0.2) is 47.3 Å². The third-order valence-corrected chi connectivity index (χ3v) is 4.66. The van der Waals surface area contributed by atoms with Crippen molar-refractivity contribution in [3.63, 3.8) is 0 Å². The molecule has 5 nitrogen and oxygen atoms in total. The first-order chi connectivity index (χ1) is 10.5. The Morgan fingerprint density at radius 3 is 2.50 bits per heavy atom. The topological polar surface area (TPSA) is 79.0 Å². The molecule has 1 amide bonds. The fourth-order valence-corrected chi connectivity index (χ4v) is 2.21. The normalized spacial score (nSPS) is 13.4.